The number of nitrogens with two attached hydrogens (primary N) is 1. The van der Waals surface area contributed by atoms with Crippen LogP contribution < -0.4 is 5.73 Å². The first kappa shape index (κ1) is 18.1. The summed E-state index contributed by atoms with van der Waals surface area (Å²) in [4.78, 5) is 28.1. The molecular formula is C19H25N5O2. The Labute approximate surface area is 153 Å². The van der Waals surface area contributed by atoms with E-state index in [9.17, 15) is 9.59 Å². The number of amides is 2. The van der Waals surface area contributed by atoms with Gasteiger partial charge in [0, 0.05) is 25.2 Å². The Kier molecular flexibility index (Phi) is 5.37. The van der Waals surface area contributed by atoms with Gasteiger partial charge in [-0.3, -0.25) is 9.59 Å². The fraction of sp³-hybridized carbons (Fsp3) is 0.421. The Balaban J connectivity index is 1.86. The molecule has 2 N–H and O–H groups in total. The van der Waals surface area contributed by atoms with Gasteiger partial charge >= 0.3 is 0 Å². The summed E-state index contributed by atoms with van der Waals surface area (Å²) < 4.78 is 1.69. The topological polar surface area (TPSA) is 84.5 Å². The van der Waals surface area contributed by atoms with Gasteiger partial charge < -0.3 is 15.5 Å². The molecule has 1 aromatic carbocycles. The molecule has 3 rings (SSSR count). The first-order chi connectivity index (χ1) is 12.5. The highest BCUT2D eigenvalue weighted by Crippen LogP contribution is 2.29. The maximum Gasteiger partial charge on any atom is 0.252 e. The molecule has 0 spiro atoms. The number of para-hydroxylation sites is 1. The van der Waals surface area contributed by atoms with Crippen LogP contribution >= 0.6 is 0 Å². The van der Waals surface area contributed by atoms with E-state index in [2.05, 4.69) is 5.10 Å². The number of carbonyl (C=O) groups is 2. The van der Waals surface area contributed by atoms with Crippen LogP contribution in [0, 0.1) is 0 Å². The van der Waals surface area contributed by atoms with Crippen molar-refractivity contribution in [2.45, 2.75) is 18.8 Å². The van der Waals surface area contributed by atoms with E-state index >= 15 is 0 Å². The van der Waals surface area contributed by atoms with E-state index in [1.165, 1.54) is 0 Å². The van der Waals surface area contributed by atoms with Crippen molar-refractivity contribution in [2.24, 2.45) is 5.73 Å². The monoisotopic (exact) mass is 355 g/mol. The molecule has 0 bridgehead atoms. The molecule has 1 atom stereocenters. The number of likely N-dealkylation sites (N-methyl/N-ethyl adjacent to an activating group) is 1. The molecule has 7 heteroatoms. The van der Waals surface area contributed by atoms with E-state index in [4.69, 9.17) is 5.73 Å². The van der Waals surface area contributed by atoms with Crippen molar-refractivity contribution < 1.29 is 9.59 Å². The second kappa shape index (κ2) is 7.70. The second-order valence-electron chi connectivity index (χ2n) is 6.99. The van der Waals surface area contributed by atoms with E-state index in [1.54, 1.807) is 10.9 Å². The zero-order valence-corrected chi connectivity index (χ0v) is 15.3. The Morgan fingerprint density at radius 1 is 1.27 bits per heavy atom. The smallest absolute Gasteiger partial charge is 0.252 e. The van der Waals surface area contributed by atoms with Crippen molar-refractivity contribution in [3.8, 4) is 5.69 Å². The minimum absolute atomic E-state index is 0.0160. The van der Waals surface area contributed by atoms with Crippen LogP contribution in [0.25, 0.3) is 5.69 Å². The quantitative estimate of drug-likeness (QED) is 0.874. The average molecular weight is 355 g/mol. The molecule has 0 aliphatic carbocycles. The largest absolute Gasteiger partial charge is 0.365 e. The number of hydrogen-bond acceptors (Lipinski definition) is 4. The van der Waals surface area contributed by atoms with Crippen molar-refractivity contribution in [3.63, 3.8) is 0 Å². The van der Waals surface area contributed by atoms with Crippen LogP contribution in [-0.4, -0.2) is 65.1 Å². The third kappa shape index (κ3) is 3.94. The minimum atomic E-state index is -0.487. The van der Waals surface area contributed by atoms with E-state index < -0.39 is 5.91 Å². The zero-order valence-electron chi connectivity index (χ0n) is 15.3. The Morgan fingerprint density at radius 2 is 2.00 bits per heavy atom. The van der Waals surface area contributed by atoms with Crippen molar-refractivity contribution in [2.75, 3.05) is 33.7 Å². The minimum Gasteiger partial charge on any atom is -0.365 e. The predicted molar refractivity (Wildman–Crippen MR) is 99.2 cm³/mol. The van der Waals surface area contributed by atoms with Crippen LogP contribution in [0.1, 0.15) is 34.8 Å². The molecule has 1 saturated heterocycles. The first-order valence-corrected chi connectivity index (χ1v) is 8.83. The van der Waals surface area contributed by atoms with Crippen molar-refractivity contribution in [3.05, 3.63) is 47.8 Å². The summed E-state index contributed by atoms with van der Waals surface area (Å²) in [5.41, 5.74) is 7.58. The zero-order chi connectivity index (χ0) is 18.7. The van der Waals surface area contributed by atoms with Gasteiger partial charge in [-0.15, -0.1) is 0 Å². The summed E-state index contributed by atoms with van der Waals surface area (Å²) in [5, 5.41) is 4.65. The standard InChI is InChI=1S/C19H25N5O2/c1-22(2)13-17(25)23-10-6-7-14(11-23)18-16(19(20)26)12-24(21-18)15-8-4-3-5-9-15/h3-5,8-9,12,14H,6-7,10-11,13H2,1-2H3,(H2,20,26). The number of aromatic nitrogens is 2. The molecule has 138 valence electrons. The summed E-state index contributed by atoms with van der Waals surface area (Å²) >= 11 is 0. The van der Waals surface area contributed by atoms with Crippen LogP contribution in [0.15, 0.2) is 36.5 Å². The van der Waals surface area contributed by atoms with Gasteiger partial charge in [-0.1, -0.05) is 18.2 Å². The van der Waals surface area contributed by atoms with Gasteiger partial charge in [0.05, 0.1) is 23.5 Å². The lowest BCUT2D eigenvalue weighted by atomic mass is 9.92. The summed E-state index contributed by atoms with van der Waals surface area (Å²) in [6.07, 6.45) is 3.46. The number of rotatable bonds is 5. The van der Waals surface area contributed by atoms with Crippen molar-refractivity contribution in [1.29, 1.82) is 0 Å². The molecule has 2 aromatic rings. The molecule has 1 aliphatic rings. The summed E-state index contributed by atoms with van der Waals surface area (Å²) in [5.74, 6) is -0.371. The van der Waals surface area contributed by atoms with E-state index in [0.717, 1.165) is 25.1 Å². The number of likely N-dealkylation sites (tertiary alicyclic amines) is 1. The van der Waals surface area contributed by atoms with Gasteiger partial charge in [-0.25, -0.2) is 4.68 Å². The molecule has 0 radical (unpaired) electrons. The number of primary amides is 1. The van der Waals surface area contributed by atoms with Crippen molar-refractivity contribution >= 4 is 11.8 Å². The molecule has 2 amide bonds. The summed E-state index contributed by atoms with van der Waals surface area (Å²) in [6, 6.07) is 9.62. The van der Waals surface area contributed by atoms with Crippen LogP contribution in [0.2, 0.25) is 0 Å². The fourth-order valence-electron chi connectivity index (χ4n) is 3.39. The molecule has 1 fully saturated rings. The average Bonchev–Trinajstić information content (AvgIpc) is 3.08. The second-order valence-corrected chi connectivity index (χ2v) is 6.99. The van der Waals surface area contributed by atoms with Crippen LogP contribution in [0.5, 0.6) is 0 Å². The summed E-state index contributed by atoms with van der Waals surface area (Å²) in [6.45, 7) is 1.70. The van der Waals surface area contributed by atoms with Gasteiger partial charge in [-0.2, -0.15) is 5.10 Å². The van der Waals surface area contributed by atoms with Gasteiger partial charge in [0.2, 0.25) is 5.91 Å². The lowest BCUT2D eigenvalue weighted by molar-refractivity contribution is -0.133. The SMILES string of the molecule is CN(C)CC(=O)N1CCCC(c2nn(-c3ccccc3)cc2C(N)=O)C1. The number of piperidine rings is 1. The maximum absolute atomic E-state index is 12.4. The third-order valence-corrected chi connectivity index (χ3v) is 4.64. The maximum atomic E-state index is 12.4. The molecule has 1 aliphatic heterocycles. The molecule has 26 heavy (non-hydrogen) atoms. The molecule has 1 unspecified atom stereocenters. The molecule has 7 nitrogen and oxygen atoms in total. The van der Waals surface area contributed by atoms with Crippen LogP contribution in [-0.2, 0) is 4.79 Å². The Morgan fingerprint density at radius 3 is 2.65 bits per heavy atom. The van der Waals surface area contributed by atoms with E-state index in [0.29, 0.717) is 24.3 Å². The highest BCUT2D eigenvalue weighted by atomic mass is 16.2. The van der Waals surface area contributed by atoms with Crippen molar-refractivity contribution in [1.82, 2.24) is 19.6 Å². The lowest BCUT2D eigenvalue weighted by Gasteiger charge is -2.33. The summed E-state index contributed by atoms with van der Waals surface area (Å²) in [7, 11) is 3.76. The molecule has 2 heterocycles. The van der Waals surface area contributed by atoms with Gasteiger partial charge in [-0.05, 0) is 39.1 Å². The predicted octanol–water partition coefficient (Wildman–Crippen LogP) is 1.24. The van der Waals surface area contributed by atoms with E-state index in [1.807, 2.05) is 54.2 Å². The van der Waals surface area contributed by atoms with Crippen LogP contribution in [0.4, 0.5) is 0 Å². The fourth-order valence-corrected chi connectivity index (χ4v) is 3.39. The number of benzene rings is 1. The number of carbonyl (C=O) groups excluding carboxylic acids is 2. The van der Waals surface area contributed by atoms with E-state index in [-0.39, 0.29) is 11.8 Å². The number of nitrogens with zero attached hydrogens (tertiary/aromatic N) is 4. The highest BCUT2D eigenvalue weighted by molar-refractivity contribution is 5.94. The lowest BCUT2D eigenvalue weighted by Crippen LogP contribution is -2.43. The highest BCUT2D eigenvalue weighted by Gasteiger charge is 2.29. The molecular weight excluding hydrogens is 330 g/mol. The van der Waals surface area contributed by atoms with Gasteiger partial charge in [0.15, 0.2) is 0 Å². The first-order valence-electron chi connectivity index (χ1n) is 8.83. The molecule has 0 saturated carbocycles. The van der Waals surface area contributed by atoms with Crippen LogP contribution in [0.3, 0.4) is 0 Å². The Bertz CT molecular complexity index is 784. The third-order valence-electron chi connectivity index (χ3n) is 4.64. The molecule has 1 aromatic heterocycles. The van der Waals surface area contributed by atoms with Gasteiger partial charge in [0.25, 0.3) is 5.91 Å². The van der Waals surface area contributed by atoms with Gasteiger partial charge in [0.1, 0.15) is 0 Å². The number of hydrogen-bond donors (Lipinski definition) is 1. The Hall–Kier alpha value is -2.67. The normalized spacial score (nSPS) is 17.5.